The summed E-state index contributed by atoms with van der Waals surface area (Å²) in [4.78, 5) is 16.4. The lowest BCUT2D eigenvalue weighted by atomic mass is 10.1. The van der Waals surface area contributed by atoms with Gasteiger partial charge < -0.3 is 9.80 Å². The monoisotopic (exact) mass is 368 g/mol. The maximum atomic E-state index is 12.6. The lowest BCUT2D eigenvalue weighted by Gasteiger charge is -2.21. The number of hydrogen-bond donors (Lipinski definition) is 0. The van der Waals surface area contributed by atoms with Crippen molar-refractivity contribution in [2.24, 2.45) is 0 Å². The van der Waals surface area contributed by atoms with Gasteiger partial charge >= 0.3 is 0 Å². The van der Waals surface area contributed by atoms with Crippen LogP contribution in [0.25, 0.3) is 0 Å². The van der Waals surface area contributed by atoms with Gasteiger partial charge in [0.05, 0.1) is 5.75 Å². The van der Waals surface area contributed by atoms with Crippen molar-refractivity contribution >= 4 is 22.4 Å². The smallest absolute Gasteiger partial charge is 0.235 e. The van der Waals surface area contributed by atoms with Crippen molar-refractivity contribution in [3.8, 4) is 0 Å². The number of fused-ring (bicyclic) bond motifs is 1. The van der Waals surface area contributed by atoms with Crippen molar-refractivity contribution in [1.82, 2.24) is 4.90 Å². The maximum absolute atomic E-state index is 12.6. The van der Waals surface area contributed by atoms with Crippen molar-refractivity contribution < 1.29 is 9.00 Å². The zero-order valence-corrected chi connectivity index (χ0v) is 15.7. The molecule has 2 aromatic carbocycles. The summed E-state index contributed by atoms with van der Waals surface area (Å²) in [5, 5.41) is 0. The molecule has 0 spiro atoms. The molecule has 2 aliphatic rings. The van der Waals surface area contributed by atoms with Crippen molar-refractivity contribution in [1.29, 1.82) is 0 Å². The Balaban J connectivity index is 1.45. The molecule has 1 fully saturated rings. The van der Waals surface area contributed by atoms with Crippen LogP contribution < -0.4 is 4.90 Å². The van der Waals surface area contributed by atoms with Gasteiger partial charge in [-0.2, -0.15) is 0 Å². The van der Waals surface area contributed by atoms with E-state index in [1.807, 2.05) is 23.1 Å². The Morgan fingerprint density at radius 3 is 2.23 bits per heavy atom. The fraction of sp³-hybridized carbons (Fsp3) is 0.381. The predicted octanol–water partition coefficient (Wildman–Crippen LogP) is 3.08. The zero-order valence-electron chi connectivity index (χ0n) is 14.9. The molecule has 2 aromatic rings. The number of anilines is 1. The highest BCUT2D eigenvalue weighted by atomic mass is 32.2. The average Bonchev–Trinajstić information content (AvgIpc) is 3.31. The van der Waals surface area contributed by atoms with Crippen molar-refractivity contribution in [3.05, 3.63) is 65.2 Å². The summed E-state index contributed by atoms with van der Waals surface area (Å²) < 4.78 is 12.6. The molecule has 1 atom stereocenters. The molecular formula is C21H24N2O2S. The summed E-state index contributed by atoms with van der Waals surface area (Å²) in [6.45, 7) is 3.40. The first kappa shape index (κ1) is 17.3. The number of amides is 1. The number of benzene rings is 2. The highest BCUT2D eigenvalue weighted by Gasteiger charge is 2.23. The standard InChI is InChI=1S/C21H24N2O2S/c24-21(22-11-5-6-12-22)16-26(25)15-19-9-3-4-10-20(19)23-13-17-7-1-2-8-18(17)14-23/h1-4,7-10H,5-6,11-16H2. The van der Waals surface area contributed by atoms with E-state index in [2.05, 4.69) is 35.2 Å². The molecule has 0 aromatic heterocycles. The largest absolute Gasteiger partial charge is 0.363 e. The summed E-state index contributed by atoms with van der Waals surface area (Å²) in [6.07, 6.45) is 2.13. The van der Waals surface area contributed by atoms with Gasteiger partial charge in [0.15, 0.2) is 0 Å². The van der Waals surface area contributed by atoms with Crippen LogP contribution in [0.2, 0.25) is 0 Å². The molecule has 0 saturated carbocycles. The van der Waals surface area contributed by atoms with Crippen LogP contribution in [0.1, 0.15) is 29.5 Å². The van der Waals surface area contributed by atoms with E-state index in [0.29, 0.717) is 5.75 Å². The Hall–Kier alpha value is -2.14. The fourth-order valence-electron chi connectivity index (χ4n) is 3.86. The molecule has 0 N–H and O–H groups in total. The number of carbonyl (C=O) groups is 1. The van der Waals surface area contributed by atoms with Crippen LogP contribution in [0.4, 0.5) is 5.69 Å². The molecule has 1 amide bonds. The first-order valence-electron chi connectivity index (χ1n) is 9.23. The molecule has 136 valence electrons. The van der Waals surface area contributed by atoms with Gasteiger partial charge in [0.25, 0.3) is 0 Å². The van der Waals surface area contributed by atoms with Crippen molar-refractivity contribution in [3.63, 3.8) is 0 Å². The average molecular weight is 369 g/mol. The van der Waals surface area contributed by atoms with E-state index in [4.69, 9.17) is 0 Å². The Labute approximate surface area is 157 Å². The fourth-order valence-corrected chi connectivity index (χ4v) is 5.02. The highest BCUT2D eigenvalue weighted by molar-refractivity contribution is 7.84. The minimum absolute atomic E-state index is 0.0342. The number of hydrogen-bond acceptors (Lipinski definition) is 3. The molecule has 0 aliphatic carbocycles. The van der Waals surface area contributed by atoms with E-state index in [1.165, 1.54) is 11.1 Å². The molecule has 2 aliphatic heterocycles. The van der Waals surface area contributed by atoms with Crippen molar-refractivity contribution in [2.45, 2.75) is 31.7 Å². The van der Waals surface area contributed by atoms with Gasteiger partial charge in [0.2, 0.25) is 5.91 Å². The SMILES string of the molecule is O=C(CS(=O)Cc1ccccc1N1Cc2ccccc2C1)N1CCCC1. The first-order valence-corrected chi connectivity index (χ1v) is 10.7. The second kappa shape index (κ2) is 7.62. The third kappa shape index (κ3) is 3.68. The lowest BCUT2D eigenvalue weighted by molar-refractivity contribution is -0.127. The van der Waals surface area contributed by atoms with E-state index < -0.39 is 10.8 Å². The molecule has 4 nitrogen and oxygen atoms in total. The Morgan fingerprint density at radius 2 is 1.54 bits per heavy atom. The van der Waals surface area contributed by atoms with Gasteiger partial charge in [-0.15, -0.1) is 0 Å². The lowest BCUT2D eigenvalue weighted by Crippen LogP contribution is -2.32. The minimum atomic E-state index is -1.18. The van der Waals surface area contributed by atoms with E-state index in [0.717, 1.165) is 50.3 Å². The number of rotatable bonds is 5. The first-order chi connectivity index (χ1) is 12.7. The second-order valence-electron chi connectivity index (χ2n) is 7.07. The molecule has 5 heteroatoms. The van der Waals surface area contributed by atoms with E-state index >= 15 is 0 Å². The number of nitrogens with zero attached hydrogens (tertiary/aromatic N) is 2. The predicted molar refractivity (Wildman–Crippen MR) is 105 cm³/mol. The number of likely N-dealkylation sites (tertiary alicyclic amines) is 1. The molecule has 2 heterocycles. The van der Waals surface area contributed by atoms with Crippen LogP contribution in [-0.2, 0) is 34.4 Å². The molecule has 4 rings (SSSR count). The summed E-state index contributed by atoms with van der Waals surface area (Å²) in [6, 6.07) is 16.6. The molecule has 0 radical (unpaired) electrons. The van der Waals surface area contributed by atoms with Gasteiger partial charge in [-0.3, -0.25) is 9.00 Å². The van der Waals surface area contributed by atoms with E-state index in [9.17, 15) is 9.00 Å². The van der Waals surface area contributed by atoms with Gasteiger partial charge in [-0.25, -0.2) is 0 Å². The van der Waals surface area contributed by atoms with Gasteiger partial charge in [0.1, 0.15) is 5.75 Å². The molecule has 26 heavy (non-hydrogen) atoms. The van der Waals surface area contributed by atoms with E-state index in [1.54, 1.807) is 0 Å². The third-order valence-electron chi connectivity index (χ3n) is 5.23. The van der Waals surface area contributed by atoms with Gasteiger partial charge in [0, 0.05) is 42.7 Å². The topological polar surface area (TPSA) is 40.6 Å². The maximum Gasteiger partial charge on any atom is 0.235 e. The van der Waals surface area contributed by atoms with Gasteiger partial charge in [-0.05, 0) is 35.6 Å². The van der Waals surface area contributed by atoms with Gasteiger partial charge in [-0.1, -0.05) is 42.5 Å². The molecule has 1 saturated heterocycles. The van der Waals surface area contributed by atoms with Crippen molar-refractivity contribution in [2.75, 3.05) is 23.7 Å². The van der Waals surface area contributed by atoms with Crippen LogP contribution in [-0.4, -0.2) is 33.9 Å². The Morgan fingerprint density at radius 1 is 0.923 bits per heavy atom. The van der Waals surface area contributed by atoms with Crippen LogP contribution in [0.15, 0.2) is 48.5 Å². The molecule has 0 bridgehead atoms. The molecular weight excluding hydrogens is 344 g/mol. The van der Waals surface area contributed by atoms with Crippen LogP contribution in [0.5, 0.6) is 0 Å². The quantitative estimate of drug-likeness (QED) is 0.814. The Kier molecular flexibility index (Phi) is 5.07. The molecule has 1 unspecified atom stereocenters. The zero-order chi connectivity index (χ0) is 17.9. The normalized spacial score (nSPS) is 17.4. The van der Waals surface area contributed by atoms with Crippen LogP contribution in [0, 0.1) is 0 Å². The summed E-state index contributed by atoms with van der Waals surface area (Å²) in [7, 11) is -1.18. The van der Waals surface area contributed by atoms with Crippen LogP contribution in [0.3, 0.4) is 0 Å². The summed E-state index contributed by atoms with van der Waals surface area (Å²) in [5.74, 6) is 0.601. The third-order valence-corrected chi connectivity index (χ3v) is 6.43. The summed E-state index contributed by atoms with van der Waals surface area (Å²) >= 11 is 0. The summed E-state index contributed by atoms with van der Waals surface area (Å²) in [5.41, 5.74) is 4.90. The Bertz CT molecular complexity index is 805. The second-order valence-corrected chi connectivity index (χ2v) is 8.53. The number of carbonyl (C=O) groups excluding carboxylic acids is 1. The number of para-hydroxylation sites is 1. The highest BCUT2D eigenvalue weighted by Crippen LogP contribution is 2.31. The van der Waals surface area contributed by atoms with Crippen LogP contribution >= 0.6 is 0 Å². The van der Waals surface area contributed by atoms with E-state index in [-0.39, 0.29) is 11.7 Å². The minimum Gasteiger partial charge on any atom is -0.363 e.